The SMILES string of the molecule is CC(O)CN1COc2ccc(C3(c4ccc5c(c4)CN(CC(C)O)CO5)CC4CCC3(C)C4(C)C)cc2C1. The van der Waals surface area contributed by atoms with E-state index in [0.29, 0.717) is 32.5 Å². The minimum atomic E-state index is -0.383. The molecule has 2 saturated carbocycles. The van der Waals surface area contributed by atoms with Crippen molar-refractivity contribution in [1.29, 1.82) is 0 Å². The van der Waals surface area contributed by atoms with E-state index in [1.807, 2.05) is 13.8 Å². The zero-order chi connectivity index (χ0) is 26.9. The van der Waals surface area contributed by atoms with Gasteiger partial charge in [0.05, 0.1) is 12.2 Å². The molecule has 206 valence electrons. The van der Waals surface area contributed by atoms with Crippen molar-refractivity contribution in [2.45, 2.75) is 84.6 Å². The fourth-order valence-electron chi connectivity index (χ4n) is 8.45. The third-order valence-electron chi connectivity index (χ3n) is 10.7. The van der Waals surface area contributed by atoms with Crippen LogP contribution in [0.3, 0.4) is 0 Å². The molecule has 2 aliphatic heterocycles. The molecule has 0 radical (unpaired) electrons. The first-order valence-corrected chi connectivity index (χ1v) is 14.4. The fraction of sp³-hybridized carbons (Fsp3) is 0.625. The topological polar surface area (TPSA) is 65.4 Å². The Hall–Kier alpha value is -2.12. The molecule has 2 aliphatic carbocycles. The molecule has 4 atom stereocenters. The highest BCUT2D eigenvalue weighted by atomic mass is 16.5. The summed E-state index contributed by atoms with van der Waals surface area (Å²) < 4.78 is 12.2. The molecule has 38 heavy (non-hydrogen) atoms. The van der Waals surface area contributed by atoms with Gasteiger partial charge in [0.15, 0.2) is 0 Å². The fourth-order valence-corrected chi connectivity index (χ4v) is 8.45. The number of hydrogen-bond donors (Lipinski definition) is 2. The number of β-amino-alcohol motifs (C(OH)–C–C–N with tert-alkyl or cyclic N) is 2. The Bertz CT molecular complexity index is 1140. The van der Waals surface area contributed by atoms with Crippen molar-refractivity contribution in [2.75, 3.05) is 26.6 Å². The van der Waals surface area contributed by atoms with Gasteiger partial charge in [-0.25, -0.2) is 0 Å². The molecule has 2 heterocycles. The van der Waals surface area contributed by atoms with Gasteiger partial charge in [0, 0.05) is 42.7 Å². The summed E-state index contributed by atoms with van der Waals surface area (Å²) in [6.07, 6.45) is 2.88. The lowest BCUT2D eigenvalue weighted by Crippen LogP contribution is -2.46. The van der Waals surface area contributed by atoms with Gasteiger partial charge in [-0.1, -0.05) is 32.9 Å². The first kappa shape index (κ1) is 26.1. The zero-order valence-electron chi connectivity index (χ0n) is 23.7. The molecule has 4 unspecified atom stereocenters. The largest absolute Gasteiger partial charge is 0.478 e. The van der Waals surface area contributed by atoms with Crippen LogP contribution in [0.4, 0.5) is 0 Å². The second kappa shape index (κ2) is 9.22. The molecule has 0 aromatic heterocycles. The minimum Gasteiger partial charge on any atom is -0.478 e. The van der Waals surface area contributed by atoms with E-state index in [4.69, 9.17) is 9.47 Å². The van der Waals surface area contributed by atoms with Crippen molar-refractivity contribution in [2.24, 2.45) is 16.7 Å². The van der Waals surface area contributed by atoms with Crippen LogP contribution in [0.15, 0.2) is 36.4 Å². The van der Waals surface area contributed by atoms with Crippen molar-refractivity contribution < 1.29 is 19.7 Å². The van der Waals surface area contributed by atoms with Crippen LogP contribution in [-0.4, -0.2) is 58.8 Å². The molecule has 2 N–H and O–H groups in total. The highest BCUT2D eigenvalue weighted by Crippen LogP contribution is 2.75. The lowest BCUT2D eigenvalue weighted by molar-refractivity contribution is 0.0494. The summed E-state index contributed by atoms with van der Waals surface area (Å²) in [6, 6.07) is 13.8. The van der Waals surface area contributed by atoms with Gasteiger partial charge in [0.2, 0.25) is 0 Å². The Balaban J connectivity index is 1.45. The summed E-state index contributed by atoms with van der Waals surface area (Å²) in [6.45, 7) is 15.0. The predicted octanol–water partition coefficient (Wildman–Crippen LogP) is 4.88. The Morgan fingerprint density at radius 1 is 0.842 bits per heavy atom. The molecule has 6 rings (SSSR count). The van der Waals surface area contributed by atoms with Crippen LogP contribution in [0.1, 0.15) is 76.1 Å². The van der Waals surface area contributed by atoms with E-state index >= 15 is 0 Å². The van der Waals surface area contributed by atoms with Crippen molar-refractivity contribution in [1.82, 2.24) is 9.80 Å². The molecule has 0 saturated heterocycles. The number of aliphatic hydroxyl groups excluding tert-OH is 2. The summed E-state index contributed by atoms with van der Waals surface area (Å²) in [5, 5.41) is 19.9. The second-order valence-corrected chi connectivity index (χ2v) is 13.3. The summed E-state index contributed by atoms with van der Waals surface area (Å²) in [5.74, 6) is 2.60. The number of benzene rings is 2. The van der Waals surface area contributed by atoms with Gasteiger partial charge in [0.25, 0.3) is 0 Å². The highest BCUT2D eigenvalue weighted by molar-refractivity contribution is 5.53. The molecule has 0 amide bonds. The molecule has 0 spiro atoms. The molecule has 2 aromatic rings. The van der Waals surface area contributed by atoms with Gasteiger partial charge >= 0.3 is 0 Å². The van der Waals surface area contributed by atoms with Crippen LogP contribution >= 0.6 is 0 Å². The van der Waals surface area contributed by atoms with E-state index in [2.05, 4.69) is 67.0 Å². The molecule has 6 heteroatoms. The third kappa shape index (κ3) is 3.90. The number of ether oxygens (including phenoxy) is 2. The average molecular weight is 521 g/mol. The maximum Gasteiger partial charge on any atom is 0.142 e. The molecule has 6 nitrogen and oxygen atoms in total. The summed E-state index contributed by atoms with van der Waals surface area (Å²) in [7, 11) is 0. The quantitative estimate of drug-likeness (QED) is 0.566. The Morgan fingerprint density at radius 2 is 1.34 bits per heavy atom. The molecule has 4 aliphatic rings. The van der Waals surface area contributed by atoms with E-state index < -0.39 is 0 Å². The smallest absolute Gasteiger partial charge is 0.142 e. The number of nitrogens with zero attached hydrogens (tertiary/aromatic N) is 2. The lowest BCUT2D eigenvalue weighted by atomic mass is 9.53. The molecule has 2 bridgehead atoms. The minimum absolute atomic E-state index is 0.108. The van der Waals surface area contributed by atoms with Crippen LogP contribution < -0.4 is 9.47 Å². The number of aliphatic hydroxyl groups is 2. The summed E-state index contributed by atoms with van der Waals surface area (Å²) in [4.78, 5) is 4.37. The van der Waals surface area contributed by atoms with Crippen LogP contribution in [0.25, 0.3) is 0 Å². The van der Waals surface area contributed by atoms with E-state index in [9.17, 15) is 10.2 Å². The summed E-state index contributed by atoms with van der Waals surface area (Å²) >= 11 is 0. The maximum atomic E-state index is 9.97. The molecular weight excluding hydrogens is 476 g/mol. The van der Waals surface area contributed by atoms with Crippen molar-refractivity contribution in [3.63, 3.8) is 0 Å². The summed E-state index contributed by atoms with van der Waals surface area (Å²) in [5.41, 5.74) is 5.41. The van der Waals surface area contributed by atoms with E-state index in [-0.39, 0.29) is 28.5 Å². The van der Waals surface area contributed by atoms with Gasteiger partial charge in [-0.2, -0.15) is 0 Å². The standard InChI is InChI=1S/C32H44N2O4/c1-21(35)15-33-17-23-12-25(6-8-28(23)37-19-33)32(14-27-10-11-31(32,5)30(27,3)4)26-7-9-29-24(13-26)18-34(20-38-29)16-22(2)36/h6-9,12-13,21-22,27,35-36H,10-11,14-20H2,1-5H3. The van der Waals surface area contributed by atoms with Crippen LogP contribution in [0, 0.1) is 16.7 Å². The third-order valence-corrected chi connectivity index (χ3v) is 10.7. The van der Waals surface area contributed by atoms with Gasteiger partial charge in [-0.3, -0.25) is 9.80 Å². The van der Waals surface area contributed by atoms with Gasteiger partial charge < -0.3 is 19.7 Å². The lowest BCUT2D eigenvalue weighted by Gasteiger charge is -2.50. The maximum absolute atomic E-state index is 9.97. The normalized spacial score (nSPS) is 31.7. The van der Waals surface area contributed by atoms with E-state index in [0.717, 1.165) is 31.0 Å². The first-order valence-electron chi connectivity index (χ1n) is 14.4. The van der Waals surface area contributed by atoms with Crippen molar-refractivity contribution >= 4 is 0 Å². The van der Waals surface area contributed by atoms with Gasteiger partial charge in [0.1, 0.15) is 25.0 Å². The zero-order valence-corrected chi connectivity index (χ0v) is 23.7. The number of rotatable bonds is 6. The average Bonchev–Trinajstić information content (AvgIpc) is 3.19. The Labute approximate surface area is 227 Å². The van der Waals surface area contributed by atoms with Crippen molar-refractivity contribution in [3.8, 4) is 11.5 Å². The molecular formula is C32H44N2O4. The van der Waals surface area contributed by atoms with Crippen molar-refractivity contribution in [3.05, 3.63) is 58.7 Å². The second-order valence-electron chi connectivity index (χ2n) is 13.3. The first-order chi connectivity index (χ1) is 18.0. The molecule has 2 aromatic carbocycles. The number of hydrogen-bond acceptors (Lipinski definition) is 6. The van der Waals surface area contributed by atoms with E-state index in [1.54, 1.807) is 0 Å². The Morgan fingerprint density at radius 3 is 1.74 bits per heavy atom. The van der Waals surface area contributed by atoms with Crippen LogP contribution in [-0.2, 0) is 18.5 Å². The number of fused-ring (bicyclic) bond motifs is 4. The van der Waals surface area contributed by atoms with Gasteiger partial charge in [-0.15, -0.1) is 0 Å². The van der Waals surface area contributed by atoms with E-state index in [1.165, 1.54) is 35.1 Å². The monoisotopic (exact) mass is 520 g/mol. The highest BCUT2D eigenvalue weighted by Gasteiger charge is 2.69. The molecule has 2 fully saturated rings. The van der Waals surface area contributed by atoms with Gasteiger partial charge in [-0.05, 0) is 85.3 Å². The Kier molecular flexibility index (Phi) is 6.34. The predicted molar refractivity (Wildman–Crippen MR) is 148 cm³/mol. The van der Waals surface area contributed by atoms with Crippen LogP contribution in [0.2, 0.25) is 0 Å². The van der Waals surface area contributed by atoms with Crippen LogP contribution in [0.5, 0.6) is 11.5 Å².